The zero-order valence-electron chi connectivity index (χ0n) is 12.1. The number of nitrogens with zero attached hydrogens (tertiary/aromatic N) is 2. The van der Waals surface area contributed by atoms with E-state index in [1.54, 1.807) is 13.2 Å². The van der Waals surface area contributed by atoms with Crippen LogP contribution in [0.1, 0.15) is 25.5 Å². The predicted molar refractivity (Wildman–Crippen MR) is 85.0 cm³/mol. The van der Waals surface area contributed by atoms with Crippen molar-refractivity contribution >= 4 is 22.5 Å². The van der Waals surface area contributed by atoms with Crippen LogP contribution >= 0.6 is 11.6 Å². The Morgan fingerprint density at radius 1 is 1.14 bits per heavy atom. The zero-order chi connectivity index (χ0) is 15.0. The predicted octanol–water partition coefficient (Wildman–Crippen LogP) is 4.41. The number of rotatable bonds is 3. The highest BCUT2D eigenvalue weighted by atomic mass is 35.5. The second kappa shape index (κ2) is 5.37. The van der Waals surface area contributed by atoms with Crippen molar-refractivity contribution in [3.8, 4) is 17.1 Å². The molecule has 5 heteroatoms. The van der Waals surface area contributed by atoms with Crippen LogP contribution in [0, 0.1) is 0 Å². The van der Waals surface area contributed by atoms with Crippen LogP contribution in [0.2, 0.25) is 5.02 Å². The van der Waals surface area contributed by atoms with E-state index in [9.17, 15) is 0 Å². The van der Waals surface area contributed by atoms with Crippen molar-refractivity contribution in [2.24, 2.45) is 0 Å². The minimum absolute atomic E-state index is 0.445. The summed E-state index contributed by atoms with van der Waals surface area (Å²) in [6.45, 7) is 4.31. The second-order valence-electron chi connectivity index (χ2n) is 5.26. The summed E-state index contributed by atoms with van der Waals surface area (Å²) in [5.74, 6) is 0.929. The van der Waals surface area contributed by atoms with Crippen LogP contribution < -0.4 is 4.74 Å². The number of nitrogens with one attached hydrogen (secondary N) is 1. The molecule has 0 spiro atoms. The van der Waals surface area contributed by atoms with Crippen molar-refractivity contribution < 1.29 is 4.74 Å². The molecule has 0 saturated heterocycles. The Bertz CT molecular complexity index is 778. The molecule has 21 heavy (non-hydrogen) atoms. The summed E-state index contributed by atoms with van der Waals surface area (Å²) in [4.78, 5) is 3.42. The molecule has 3 rings (SSSR count). The molecule has 0 saturated carbocycles. The number of fused-ring (bicyclic) bond motifs is 1. The first-order valence-corrected chi connectivity index (χ1v) is 7.16. The Hall–Kier alpha value is -2.07. The number of halogens is 1. The second-order valence-corrected chi connectivity index (χ2v) is 5.67. The van der Waals surface area contributed by atoms with Crippen molar-refractivity contribution in [3.63, 3.8) is 0 Å². The SMILES string of the molecule is COc1ccc(-c2cc3[nH]c(C(C)C)cc3cc2Cl)nn1. The Kier molecular flexibility index (Phi) is 3.55. The molecule has 0 aliphatic rings. The van der Waals surface area contributed by atoms with E-state index in [2.05, 4.69) is 35.1 Å². The third-order valence-corrected chi connectivity index (χ3v) is 3.79. The number of methoxy groups -OCH3 is 1. The van der Waals surface area contributed by atoms with Gasteiger partial charge in [-0.05, 0) is 30.2 Å². The summed E-state index contributed by atoms with van der Waals surface area (Å²) in [6.07, 6.45) is 0. The summed E-state index contributed by atoms with van der Waals surface area (Å²) in [7, 11) is 1.56. The molecule has 1 N–H and O–H groups in total. The molecule has 108 valence electrons. The number of aromatic nitrogens is 3. The normalized spacial score (nSPS) is 11.3. The summed E-state index contributed by atoms with van der Waals surface area (Å²) in [5, 5.41) is 9.91. The van der Waals surface area contributed by atoms with E-state index < -0.39 is 0 Å². The molecule has 4 nitrogen and oxygen atoms in total. The summed E-state index contributed by atoms with van der Waals surface area (Å²) < 4.78 is 5.02. The lowest BCUT2D eigenvalue weighted by molar-refractivity contribution is 0.392. The van der Waals surface area contributed by atoms with Crippen molar-refractivity contribution in [1.82, 2.24) is 15.2 Å². The highest BCUT2D eigenvalue weighted by Gasteiger charge is 2.11. The van der Waals surface area contributed by atoms with E-state index in [1.165, 1.54) is 5.69 Å². The molecule has 3 aromatic rings. The highest BCUT2D eigenvalue weighted by Crippen LogP contribution is 2.32. The molecule has 0 atom stereocenters. The van der Waals surface area contributed by atoms with Gasteiger partial charge in [0.1, 0.15) is 0 Å². The number of hydrogen-bond acceptors (Lipinski definition) is 3. The van der Waals surface area contributed by atoms with E-state index in [1.807, 2.05) is 18.2 Å². The van der Waals surface area contributed by atoms with Gasteiger partial charge < -0.3 is 9.72 Å². The number of H-pyrrole nitrogens is 1. The molecule has 0 aliphatic heterocycles. The molecular weight excluding hydrogens is 286 g/mol. The van der Waals surface area contributed by atoms with E-state index in [0.29, 0.717) is 16.8 Å². The highest BCUT2D eigenvalue weighted by molar-refractivity contribution is 6.34. The fraction of sp³-hybridized carbons (Fsp3) is 0.250. The quantitative estimate of drug-likeness (QED) is 0.779. The van der Waals surface area contributed by atoms with Gasteiger partial charge in [0.25, 0.3) is 0 Å². The van der Waals surface area contributed by atoms with Crippen LogP contribution in [0.4, 0.5) is 0 Å². The number of hydrogen-bond donors (Lipinski definition) is 1. The largest absolute Gasteiger partial charge is 0.480 e. The van der Waals surface area contributed by atoms with Gasteiger partial charge in [-0.1, -0.05) is 25.4 Å². The van der Waals surface area contributed by atoms with Crippen LogP contribution in [-0.2, 0) is 0 Å². The van der Waals surface area contributed by atoms with Gasteiger partial charge in [0.15, 0.2) is 0 Å². The van der Waals surface area contributed by atoms with Gasteiger partial charge in [-0.2, -0.15) is 0 Å². The zero-order valence-corrected chi connectivity index (χ0v) is 12.9. The molecule has 2 aromatic heterocycles. The Labute approximate surface area is 128 Å². The van der Waals surface area contributed by atoms with E-state index in [-0.39, 0.29) is 0 Å². The van der Waals surface area contributed by atoms with Crippen molar-refractivity contribution in [3.05, 3.63) is 41.0 Å². The lowest BCUT2D eigenvalue weighted by Gasteiger charge is -2.04. The van der Waals surface area contributed by atoms with Gasteiger partial charge in [-0.15, -0.1) is 10.2 Å². The standard InChI is InChI=1S/C16H16ClN3O/c1-9(2)14-7-10-6-12(17)11(8-15(10)18-14)13-4-5-16(21-3)20-19-13/h4-9,18H,1-3H3. The van der Waals surface area contributed by atoms with Gasteiger partial charge >= 0.3 is 0 Å². The average molecular weight is 302 g/mol. The van der Waals surface area contributed by atoms with E-state index in [4.69, 9.17) is 16.3 Å². The van der Waals surface area contributed by atoms with Gasteiger partial charge in [0.05, 0.1) is 17.8 Å². The topological polar surface area (TPSA) is 50.8 Å². The first kappa shape index (κ1) is 13.9. The fourth-order valence-corrected chi connectivity index (χ4v) is 2.52. The van der Waals surface area contributed by atoms with Crippen LogP contribution in [0.15, 0.2) is 30.3 Å². The molecule has 0 bridgehead atoms. The lowest BCUT2D eigenvalue weighted by atomic mass is 10.1. The van der Waals surface area contributed by atoms with Crippen LogP contribution in [0.3, 0.4) is 0 Å². The maximum Gasteiger partial charge on any atom is 0.233 e. The smallest absolute Gasteiger partial charge is 0.233 e. The molecule has 0 radical (unpaired) electrons. The van der Waals surface area contributed by atoms with Gasteiger partial charge in [0.2, 0.25) is 5.88 Å². The van der Waals surface area contributed by atoms with E-state index >= 15 is 0 Å². The van der Waals surface area contributed by atoms with Crippen LogP contribution in [0.25, 0.3) is 22.2 Å². The van der Waals surface area contributed by atoms with Crippen molar-refractivity contribution in [1.29, 1.82) is 0 Å². The molecule has 0 amide bonds. The van der Waals surface area contributed by atoms with Gasteiger partial charge in [0, 0.05) is 28.2 Å². The minimum atomic E-state index is 0.445. The summed E-state index contributed by atoms with van der Waals surface area (Å²) in [6, 6.07) is 9.73. The number of aromatic amines is 1. The Morgan fingerprint density at radius 2 is 1.95 bits per heavy atom. The fourth-order valence-electron chi connectivity index (χ4n) is 2.26. The molecule has 0 unspecified atom stereocenters. The minimum Gasteiger partial charge on any atom is -0.480 e. The Balaban J connectivity index is 2.10. The third-order valence-electron chi connectivity index (χ3n) is 3.48. The Morgan fingerprint density at radius 3 is 2.57 bits per heavy atom. The summed E-state index contributed by atoms with van der Waals surface area (Å²) in [5.41, 5.74) is 3.83. The third kappa shape index (κ3) is 2.59. The maximum absolute atomic E-state index is 6.39. The molecule has 0 aliphatic carbocycles. The first-order chi connectivity index (χ1) is 10.1. The maximum atomic E-state index is 6.39. The monoisotopic (exact) mass is 301 g/mol. The van der Waals surface area contributed by atoms with Gasteiger partial charge in [-0.25, -0.2) is 0 Å². The molecule has 1 aromatic carbocycles. The summed E-state index contributed by atoms with van der Waals surface area (Å²) >= 11 is 6.39. The van der Waals surface area contributed by atoms with Crippen LogP contribution in [0.5, 0.6) is 5.88 Å². The van der Waals surface area contributed by atoms with Crippen LogP contribution in [-0.4, -0.2) is 22.3 Å². The van der Waals surface area contributed by atoms with Crippen molar-refractivity contribution in [2.45, 2.75) is 19.8 Å². The molecule has 0 fully saturated rings. The first-order valence-electron chi connectivity index (χ1n) is 6.78. The number of benzene rings is 1. The lowest BCUT2D eigenvalue weighted by Crippen LogP contribution is -1.92. The van der Waals surface area contributed by atoms with E-state index in [0.717, 1.165) is 22.2 Å². The van der Waals surface area contributed by atoms with Gasteiger partial charge in [-0.3, -0.25) is 0 Å². The molecule has 2 heterocycles. The van der Waals surface area contributed by atoms with Crippen molar-refractivity contribution in [2.75, 3.05) is 7.11 Å². The average Bonchev–Trinajstić information content (AvgIpc) is 2.89. The number of ether oxygens (including phenoxy) is 1. The molecular formula is C16H16ClN3O.